The molecule has 1 aromatic heterocycles. The summed E-state index contributed by atoms with van der Waals surface area (Å²) < 4.78 is 2.12. The van der Waals surface area contributed by atoms with E-state index < -0.39 is 0 Å². The van der Waals surface area contributed by atoms with Gasteiger partial charge in [0, 0.05) is 23.2 Å². The summed E-state index contributed by atoms with van der Waals surface area (Å²) in [7, 11) is 0. The Morgan fingerprint density at radius 2 is 2.09 bits per heavy atom. The number of hydrogen-bond acceptors (Lipinski definition) is 4. The standard InChI is InChI=1S/C16H19ClN4OS/c1-3-21-14(11-4-5-11)19-20-16(21)23-10(2)15(22)18-13-8-6-12(17)7-9-13/h6-11H,3-5H2,1-2H3,(H,18,22). The highest BCUT2D eigenvalue weighted by Gasteiger charge is 2.30. The molecule has 1 aliphatic rings. The molecule has 1 amide bonds. The van der Waals surface area contributed by atoms with E-state index in [1.807, 2.05) is 6.92 Å². The first-order valence-corrected chi connectivity index (χ1v) is 9.00. The van der Waals surface area contributed by atoms with E-state index in [0.717, 1.165) is 23.2 Å². The van der Waals surface area contributed by atoms with Crippen molar-refractivity contribution in [2.75, 3.05) is 5.32 Å². The van der Waals surface area contributed by atoms with Gasteiger partial charge in [0.2, 0.25) is 5.91 Å². The summed E-state index contributed by atoms with van der Waals surface area (Å²) in [6.45, 7) is 4.78. The highest BCUT2D eigenvalue weighted by molar-refractivity contribution is 8.00. The molecule has 7 heteroatoms. The minimum Gasteiger partial charge on any atom is -0.325 e. The molecule has 1 unspecified atom stereocenters. The largest absolute Gasteiger partial charge is 0.325 e. The number of hydrogen-bond donors (Lipinski definition) is 1. The highest BCUT2D eigenvalue weighted by atomic mass is 35.5. The van der Waals surface area contributed by atoms with Crippen LogP contribution in [0.3, 0.4) is 0 Å². The first-order chi connectivity index (χ1) is 11.1. The van der Waals surface area contributed by atoms with Crippen LogP contribution in [0.15, 0.2) is 29.4 Å². The molecule has 1 aliphatic carbocycles. The molecule has 23 heavy (non-hydrogen) atoms. The molecule has 0 radical (unpaired) electrons. The molecular weight excluding hydrogens is 332 g/mol. The Kier molecular flexibility index (Phi) is 4.92. The molecule has 0 bridgehead atoms. The molecule has 1 saturated carbocycles. The maximum absolute atomic E-state index is 12.3. The summed E-state index contributed by atoms with van der Waals surface area (Å²) in [4.78, 5) is 12.3. The SMILES string of the molecule is CCn1c(SC(C)C(=O)Nc2ccc(Cl)cc2)nnc1C1CC1. The zero-order valence-electron chi connectivity index (χ0n) is 13.1. The molecule has 0 spiro atoms. The van der Waals surface area contributed by atoms with Gasteiger partial charge in [-0.15, -0.1) is 10.2 Å². The van der Waals surface area contributed by atoms with Gasteiger partial charge in [0.15, 0.2) is 5.16 Å². The lowest BCUT2D eigenvalue weighted by atomic mass is 10.3. The van der Waals surface area contributed by atoms with Crippen LogP contribution in [-0.4, -0.2) is 25.9 Å². The zero-order chi connectivity index (χ0) is 16.4. The predicted octanol–water partition coefficient (Wildman–Crippen LogP) is 3.95. The Bertz CT molecular complexity index is 697. The molecule has 3 rings (SSSR count). The van der Waals surface area contributed by atoms with Gasteiger partial charge in [-0.05, 0) is 51.0 Å². The van der Waals surface area contributed by atoms with Crippen LogP contribution in [-0.2, 0) is 11.3 Å². The summed E-state index contributed by atoms with van der Waals surface area (Å²) in [5, 5.41) is 12.7. The highest BCUT2D eigenvalue weighted by Crippen LogP contribution is 2.40. The van der Waals surface area contributed by atoms with Crippen LogP contribution >= 0.6 is 23.4 Å². The molecule has 0 saturated heterocycles. The maximum Gasteiger partial charge on any atom is 0.237 e. The molecular formula is C16H19ClN4OS. The summed E-state index contributed by atoms with van der Waals surface area (Å²) in [5.41, 5.74) is 0.738. The van der Waals surface area contributed by atoms with Gasteiger partial charge in [-0.1, -0.05) is 23.4 Å². The number of carbonyl (C=O) groups is 1. The van der Waals surface area contributed by atoms with Crippen LogP contribution in [0, 0.1) is 0 Å². The van der Waals surface area contributed by atoms with E-state index >= 15 is 0 Å². The number of carbonyl (C=O) groups excluding carboxylic acids is 1. The van der Waals surface area contributed by atoms with E-state index in [1.54, 1.807) is 24.3 Å². The zero-order valence-corrected chi connectivity index (χ0v) is 14.7. The lowest BCUT2D eigenvalue weighted by molar-refractivity contribution is -0.115. The molecule has 1 heterocycles. The smallest absolute Gasteiger partial charge is 0.237 e. The van der Waals surface area contributed by atoms with Crippen molar-refractivity contribution in [1.82, 2.24) is 14.8 Å². The first-order valence-electron chi connectivity index (χ1n) is 7.74. The van der Waals surface area contributed by atoms with Crippen LogP contribution in [0.25, 0.3) is 0 Å². The Balaban J connectivity index is 1.65. The van der Waals surface area contributed by atoms with E-state index in [0.29, 0.717) is 10.9 Å². The number of rotatable bonds is 6. The topological polar surface area (TPSA) is 59.8 Å². The van der Waals surface area contributed by atoms with Crippen LogP contribution in [0.4, 0.5) is 5.69 Å². The number of thioether (sulfide) groups is 1. The average molecular weight is 351 g/mol. The van der Waals surface area contributed by atoms with E-state index in [9.17, 15) is 4.79 Å². The summed E-state index contributed by atoms with van der Waals surface area (Å²) >= 11 is 7.29. The quantitative estimate of drug-likeness (QED) is 0.801. The summed E-state index contributed by atoms with van der Waals surface area (Å²) in [6.07, 6.45) is 2.38. The third-order valence-corrected chi connectivity index (χ3v) is 5.10. The van der Waals surface area contributed by atoms with Crippen molar-refractivity contribution in [3.63, 3.8) is 0 Å². The van der Waals surface area contributed by atoms with Crippen molar-refractivity contribution in [2.24, 2.45) is 0 Å². The van der Waals surface area contributed by atoms with Crippen LogP contribution < -0.4 is 5.32 Å². The first kappa shape index (κ1) is 16.3. The molecule has 1 fully saturated rings. The van der Waals surface area contributed by atoms with Crippen LogP contribution in [0.2, 0.25) is 5.02 Å². The van der Waals surface area contributed by atoms with Crippen molar-refractivity contribution in [1.29, 1.82) is 0 Å². The van der Waals surface area contributed by atoms with Gasteiger partial charge in [0.05, 0.1) is 5.25 Å². The number of halogens is 1. The Morgan fingerprint density at radius 3 is 2.70 bits per heavy atom. The minimum absolute atomic E-state index is 0.0593. The Morgan fingerprint density at radius 1 is 1.39 bits per heavy atom. The number of aromatic nitrogens is 3. The Labute approximate surface area is 144 Å². The van der Waals surface area contributed by atoms with Crippen molar-refractivity contribution < 1.29 is 4.79 Å². The number of nitrogens with one attached hydrogen (secondary N) is 1. The van der Waals surface area contributed by atoms with Crippen LogP contribution in [0.1, 0.15) is 38.4 Å². The fraction of sp³-hybridized carbons (Fsp3) is 0.438. The lowest BCUT2D eigenvalue weighted by Gasteiger charge is -2.12. The average Bonchev–Trinajstić information content (AvgIpc) is 3.31. The third kappa shape index (κ3) is 3.87. The van der Waals surface area contributed by atoms with E-state index in [2.05, 4.69) is 27.0 Å². The second kappa shape index (κ2) is 6.93. The van der Waals surface area contributed by atoms with Gasteiger partial charge >= 0.3 is 0 Å². The van der Waals surface area contributed by atoms with E-state index in [1.165, 1.54) is 24.6 Å². The van der Waals surface area contributed by atoms with Crippen molar-refractivity contribution in [3.8, 4) is 0 Å². The number of amides is 1. The van der Waals surface area contributed by atoms with Gasteiger partial charge in [0.25, 0.3) is 0 Å². The van der Waals surface area contributed by atoms with Gasteiger partial charge in [-0.25, -0.2) is 0 Å². The molecule has 1 atom stereocenters. The molecule has 1 N–H and O–H groups in total. The number of anilines is 1. The summed E-state index contributed by atoms with van der Waals surface area (Å²) in [5.74, 6) is 1.55. The number of benzene rings is 1. The monoisotopic (exact) mass is 350 g/mol. The normalized spacial score (nSPS) is 15.4. The van der Waals surface area contributed by atoms with Crippen molar-refractivity contribution in [2.45, 2.75) is 49.6 Å². The van der Waals surface area contributed by atoms with Crippen molar-refractivity contribution >= 4 is 35.0 Å². The Hall–Kier alpha value is -1.53. The van der Waals surface area contributed by atoms with Crippen molar-refractivity contribution in [3.05, 3.63) is 35.1 Å². The van der Waals surface area contributed by atoms with Gasteiger partial charge in [-0.2, -0.15) is 0 Å². The molecule has 0 aliphatic heterocycles. The summed E-state index contributed by atoms with van der Waals surface area (Å²) in [6, 6.07) is 7.09. The lowest BCUT2D eigenvalue weighted by Crippen LogP contribution is -2.23. The van der Waals surface area contributed by atoms with E-state index in [-0.39, 0.29) is 11.2 Å². The van der Waals surface area contributed by atoms with Gasteiger partial charge < -0.3 is 9.88 Å². The predicted molar refractivity (Wildman–Crippen MR) is 93.1 cm³/mol. The molecule has 2 aromatic rings. The maximum atomic E-state index is 12.3. The fourth-order valence-electron chi connectivity index (χ4n) is 2.32. The van der Waals surface area contributed by atoms with Gasteiger partial charge in [0.1, 0.15) is 5.82 Å². The molecule has 5 nitrogen and oxygen atoms in total. The number of nitrogens with zero attached hydrogens (tertiary/aromatic N) is 3. The third-order valence-electron chi connectivity index (χ3n) is 3.77. The van der Waals surface area contributed by atoms with E-state index in [4.69, 9.17) is 11.6 Å². The van der Waals surface area contributed by atoms with Crippen LogP contribution in [0.5, 0.6) is 0 Å². The van der Waals surface area contributed by atoms with Gasteiger partial charge in [-0.3, -0.25) is 4.79 Å². The second-order valence-corrected chi connectivity index (χ2v) is 7.36. The fourth-order valence-corrected chi connectivity index (χ4v) is 3.36. The minimum atomic E-state index is -0.257. The molecule has 122 valence electrons. The molecule has 1 aromatic carbocycles. The second-order valence-electron chi connectivity index (χ2n) is 5.62.